The summed E-state index contributed by atoms with van der Waals surface area (Å²) in [4.78, 5) is 12.4. The van der Waals surface area contributed by atoms with Crippen LogP contribution in [0.3, 0.4) is 0 Å². The van der Waals surface area contributed by atoms with E-state index in [4.69, 9.17) is 23.2 Å². The fraction of sp³-hybridized carbons (Fsp3) is 0.235. The Labute approximate surface area is 151 Å². The summed E-state index contributed by atoms with van der Waals surface area (Å²) in [5.74, 6) is -0.490. The molecule has 24 heavy (non-hydrogen) atoms. The number of carbonyl (C=O) groups is 1. The van der Waals surface area contributed by atoms with Crippen molar-refractivity contribution in [3.63, 3.8) is 0 Å². The Balaban J connectivity index is 2.10. The Kier molecular flexibility index (Phi) is 6.27. The first-order chi connectivity index (χ1) is 11.4. The predicted molar refractivity (Wildman–Crippen MR) is 96.7 cm³/mol. The minimum absolute atomic E-state index is 0.0470. The highest BCUT2D eigenvalue weighted by atomic mass is 35.5. The number of halogens is 2. The van der Waals surface area contributed by atoms with Crippen molar-refractivity contribution >= 4 is 38.9 Å². The first-order valence-electron chi connectivity index (χ1n) is 7.39. The number of sulfone groups is 1. The monoisotopic (exact) mass is 385 g/mol. The second-order valence-electron chi connectivity index (χ2n) is 5.12. The number of carbonyl (C=O) groups excluding carboxylic acids is 1. The van der Waals surface area contributed by atoms with Gasteiger partial charge in [-0.25, -0.2) is 8.42 Å². The maximum atomic E-state index is 12.3. The van der Waals surface area contributed by atoms with Crippen molar-refractivity contribution in [2.24, 2.45) is 0 Å². The first kappa shape index (κ1) is 18.8. The zero-order valence-corrected chi connectivity index (χ0v) is 15.4. The third kappa shape index (κ3) is 4.29. The summed E-state index contributed by atoms with van der Waals surface area (Å²) in [6, 6.07) is 11.5. The van der Waals surface area contributed by atoms with Gasteiger partial charge >= 0.3 is 0 Å². The van der Waals surface area contributed by atoms with Crippen LogP contribution in [-0.4, -0.2) is 26.6 Å². The van der Waals surface area contributed by atoms with Crippen LogP contribution in [0, 0.1) is 0 Å². The van der Waals surface area contributed by atoms with Crippen molar-refractivity contribution in [2.45, 2.75) is 18.2 Å². The molecular formula is C17H17Cl2NO3S. The molecule has 1 N–H and O–H groups in total. The van der Waals surface area contributed by atoms with Gasteiger partial charge in [-0.3, -0.25) is 4.79 Å². The van der Waals surface area contributed by atoms with Crippen LogP contribution in [0.1, 0.15) is 22.8 Å². The standard InChI is InChI=1S/C17H17Cl2NO3S/c1-2-24(22,23)15-9-4-3-7-13(15)17(21)20-11-10-12-6-5-8-14(18)16(12)19/h3-9H,2,10-11H2,1H3,(H,20,21). The molecule has 0 aromatic heterocycles. The van der Waals surface area contributed by atoms with Crippen molar-refractivity contribution in [3.05, 3.63) is 63.6 Å². The average molecular weight is 386 g/mol. The molecule has 0 aliphatic carbocycles. The van der Waals surface area contributed by atoms with E-state index in [1.165, 1.54) is 12.1 Å². The molecule has 7 heteroatoms. The Morgan fingerprint density at radius 2 is 1.79 bits per heavy atom. The van der Waals surface area contributed by atoms with Gasteiger partial charge < -0.3 is 5.32 Å². The van der Waals surface area contributed by atoms with Crippen molar-refractivity contribution in [1.29, 1.82) is 0 Å². The fourth-order valence-corrected chi connectivity index (χ4v) is 3.74. The maximum Gasteiger partial charge on any atom is 0.252 e. The Bertz CT molecular complexity index is 851. The lowest BCUT2D eigenvalue weighted by Gasteiger charge is -2.11. The highest BCUT2D eigenvalue weighted by Crippen LogP contribution is 2.25. The highest BCUT2D eigenvalue weighted by Gasteiger charge is 2.20. The van der Waals surface area contributed by atoms with Gasteiger partial charge in [0.1, 0.15) is 0 Å². The van der Waals surface area contributed by atoms with Crippen LogP contribution in [0.4, 0.5) is 0 Å². The minimum Gasteiger partial charge on any atom is -0.352 e. The third-order valence-corrected chi connectivity index (χ3v) is 6.20. The SMILES string of the molecule is CCS(=O)(=O)c1ccccc1C(=O)NCCc1cccc(Cl)c1Cl. The van der Waals surface area contributed by atoms with E-state index in [1.54, 1.807) is 31.2 Å². The normalized spacial score (nSPS) is 11.3. The van der Waals surface area contributed by atoms with Gasteiger partial charge in [-0.05, 0) is 30.2 Å². The lowest BCUT2D eigenvalue weighted by Crippen LogP contribution is -2.27. The van der Waals surface area contributed by atoms with Crippen molar-refractivity contribution < 1.29 is 13.2 Å². The minimum atomic E-state index is -3.46. The van der Waals surface area contributed by atoms with Gasteiger partial charge in [-0.15, -0.1) is 0 Å². The molecular weight excluding hydrogens is 369 g/mol. The molecule has 2 aromatic carbocycles. The molecule has 0 saturated carbocycles. The number of benzene rings is 2. The van der Waals surface area contributed by atoms with E-state index in [-0.39, 0.29) is 16.2 Å². The Morgan fingerprint density at radius 3 is 2.50 bits per heavy atom. The second-order valence-corrected chi connectivity index (χ2v) is 8.15. The second kappa shape index (κ2) is 8.01. The quantitative estimate of drug-likeness (QED) is 0.822. The number of hydrogen-bond acceptors (Lipinski definition) is 3. The topological polar surface area (TPSA) is 63.2 Å². The van der Waals surface area contributed by atoms with E-state index in [0.29, 0.717) is 23.0 Å². The Morgan fingerprint density at radius 1 is 1.08 bits per heavy atom. The van der Waals surface area contributed by atoms with Crippen LogP contribution in [0.2, 0.25) is 10.0 Å². The van der Waals surface area contributed by atoms with Gasteiger partial charge in [-0.1, -0.05) is 54.4 Å². The number of nitrogens with one attached hydrogen (secondary N) is 1. The number of hydrogen-bond donors (Lipinski definition) is 1. The van der Waals surface area contributed by atoms with Gasteiger partial charge in [0.15, 0.2) is 9.84 Å². The van der Waals surface area contributed by atoms with Crippen LogP contribution in [0.15, 0.2) is 47.4 Å². The molecule has 0 aliphatic heterocycles. The van der Waals surface area contributed by atoms with Gasteiger partial charge in [0, 0.05) is 6.54 Å². The summed E-state index contributed by atoms with van der Waals surface area (Å²) >= 11 is 12.1. The van der Waals surface area contributed by atoms with Crippen molar-refractivity contribution in [2.75, 3.05) is 12.3 Å². The van der Waals surface area contributed by atoms with Crippen LogP contribution < -0.4 is 5.32 Å². The van der Waals surface area contributed by atoms with Gasteiger partial charge in [0.25, 0.3) is 5.91 Å². The summed E-state index contributed by atoms with van der Waals surface area (Å²) < 4.78 is 24.2. The van der Waals surface area contributed by atoms with E-state index in [2.05, 4.69) is 5.32 Å². The summed E-state index contributed by atoms with van der Waals surface area (Å²) in [5.41, 5.74) is 0.968. The summed E-state index contributed by atoms with van der Waals surface area (Å²) in [5, 5.41) is 3.64. The van der Waals surface area contributed by atoms with Crippen molar-refractivity contribution in [1.82, 2.24) is 5.32 Å². The molecule has 128 valence electrons. The molecule has 2 aromatic rings. The molecule has 0 unspecified atom stereocenters. The first-order valence-corrected chi connectivity index (χ1v) is 9.80. The average Bonchev–Trinajstić information content (AvgIpc) is 2.58. The molecule has 0 bridgehead atoms. The van der Waals surface area contributed by atoms with Crippen LogP contribution in [0.5, 0.6) is 0 Å². The molecule has 0 aliphatic rings. The van der Waals surface area contributed by atoms with E-state index in [1.807, 2.05) is 6.07 Å². The molecule has 0 atom stereocenters. The zero-order chi connectivity index (χ0) is 17.7. The lowest BCUT2D eigenvalue weighted by molar-refractivity contribution is 0.0951. The molecule has 1 amide bonds. The molecule has 2 rings (SSSR count). The number of rotatable bonds is 6. The summed E-state index contributed by atoms with van der Waals surface area (Å²) in [6.45, 7) is 1.87. The molecule has 0 heterocycles. The van der Waals surface area contributed by atoms with E-state index < -0.39 is 15.7 Å². The van der Waals surface area contributed by atoms with E-state index in [9.17, 15) is 13.2 Å². The molecule has 0 radical (unpaired) electrons. The lowest BCUT2D eigenvalue weighted by atomic mass is 10.1. The van der Waals surface area contributed by atoms with E-state index in [0.717, 1.165) is 5.56 Å². The number of amides is 1. The molecule has 4 nitrogen and oxygen atoms in total. The van der Waals surface area contributed by atoms with E-state index >= 15 is 0 Å². The van der Waals surface area contributed by atoms with Gasteiger partial charge in [0.2, 0.25) is 0 Å². The largest absolute Gasteiger partial charge is 0.352 e. The maximum absolute atomic E-state index is 12.3. The van der Waals surface area contributed by atoms with Gasteiger partial charge in [-0.2, -0.15) is 0 Å². The summed E-state index contributed by atoms with van der Waals surface area (Å²) in [7, 11) is -3.46. The zero-order valence-electron chi connectivity index (χ0n) is 13.1. The summed E-state index contributed by atoms with van der Waals surface area (Å²) in [6.07, 6.45) is 0.494. The van der Waals surface area contributed by atoms with Crippen molar-refractivity contribution in [3.8, 4) is 0 Å². The van der Waals surface area contributed by atoms with Crippen LogP contribution >= 0.6 is 23.2 Å². The Hall–Kier alpha value is -1.56. The van der Waals surface area contributed by atoms with Crippen LogP contribution in [-0.2, 0) is 16.3 Å². The fourth-order valence-electron chi connectivity index (χ4n) is 2.23. The predicted octanol–water partition coefficient (Wildman–Crippen LogP) is 3.76. The highest BCUT2D eigenvalue weighted by molar-refractivity contribution is 7.91. The van der Waals surface area contributed by atoms with Crippen LogP contribution in [0.25, 0.3) is 0 Å². The third-order valence-electron chi connectivity index (χ3n) is 3.56. The van der Waals surface area contributed by atoms with Gasteiger partial charge in [0.05, 0.1) is 26.3 Å². The smallest absolute Gasteiger partial charge is 0.252 e. The molecule has 0 saturated heterocycles. The molecule has 0 fully saturated rings. The molecule has 0 spiro atoms.